The first-order valence-electron chi connectivity index (χ1n) is 10.2. The summed E-state index contributed by atoms with van der Waals surface area (Å²) in [5, 5.41) is 0.432. The standard InChI is InChI=1S/C22H23N3O6S/c1-14(20-23-17-8-4-3-7-16(17)21(26)24-20)31-22(27)15-9-10-18(30-2)19(13-15)32(28,29)25-11-5-6-12-25/h3-4,7-10,13-14H,5-6,11-12H2,1-2H3,(H,23,24,26)/t14-/m1/s1. The Hall–Kier alpha value is -3.24. The SMILES string of the molecule is COc1ccc(C(=O)O[C@H](C)c2nc3ccccc3c(=O)[nH]2)cc1S(=O)(=O)N1CCCC1. The number of rotatable bonds is 6. The Bertz CT molecular complexity index is 1330. The van der Waals surface area contributed by atoms with Crippen molar-refractivity contribution < 1.29 is 22.7 Å². The Balaban J connectivity index is 1.62. The van der Waals surface area contributed by atoms with Crippen molar-refractivity contribution in [3.05, 3.63) is 64.2 Å². The predicted molar refractivity (Wildman–Crippen MR) is 117 cm³/mol. The van der Waals surface area contributed by atoms with E-state index in [4.69, 9.17) is 9.47 Å². The number of benzene rings is 2. The second-order valence-corrected chi connectivity index (χ2v) is 9.40. The molecule has 3 aromatic rings. The average molecular weight is 458 g/mol. The highest BCUT2D eigenvalue weighted by Crippen LogP contribution is 2.30. The third-order valence-electron chi connectivity index (χ3n) is 5.38. The molecule has 0 saturated carbocycles. The van der Waals surface area contributed by atoms with Crippen molar-refractivity contribution in [1.29, 1.82) is 0 Å². The van der Waals surface area contributed by atoms with E-state index in [0.717, 1.165) is 12.8 Å². The van der Waals surface area contributed by atoms with Gasteiger partial charge in [0.25, 0.3) is 5.56 Å². The molecule has 0 radical (unpaired) electrons. The molecule has 2 aromatic carbocycles. The normalized spacial score (nSPS) is 15.6. The van der Waals surface area contributed by atoms with Crippen LogP contribution in [0.2, 0.25) is 0 Å². The van der Waals surface area contributed by atoms with Crippen molar-refractivity contribution in [3.63, 3.8) is 0 Å². The van der Waals surface area contributed by atoms with Crippen LogP contribution in [0.25, 0.3) is 10.9 Å². The zero-order chi connectivity index (χ0) is 22.9. The number of aromatic amines is 1. The maximum absolute atomic E-state index is 13.0. The van der Waals surface area contributed by atoms with Gasteiger partial charge in [-0.05, 0) is 50.1 Å². The van der Waals surface area contributed by atoms with Crippen LogP contribution in [0.15, 0.2) is 52.2 Å². The Labute approximate surface area is 185 Å². The number of nitrogens with one attached hydrogen (secondary N) is 1. The zero-order valence-corrected chi connectivity index (χ0v) is 18.5. The van der Waals surface area contributed by atoms with E-state index in [1.807, 2.05) is 0 Å². The number of H-pyrrole nitrogens is 1. The molecule has 1 saturated heterocycles. The number of para-hydroxylation sites is 1. The van der Waals surface area contributed by atoms with Gasteiger partial charge in [0.2, 0.25) is 10.0 Å². The summed E-state index contributed by atoms with van der Waals surface area (Å²) >= 11 is 0. The lowest BCUT2D eigenvalue weighted by molar-refractivity contribution is 0.0319. The number of methoxy groups -OCH3 is 1. The van der Waals surface area contributed by atoms with Crippen molar-refractivity contribution in [1.82, 2.24) is 14.3 Å². The van der Waals surface area contributed by atoms with E-state index in [1.165, 1.54) is 29.6 Å². The van der Waals surface area contributed by atoms with Crippen LogP contribution in [0.4, 0.5) is 0 Å². The maximum atomic E-state index is 13.0. The van der Waals surface area contributed by atoms with Gasteiger partial charge >= 0.3 is 5.97 Å². The fraction of sp³-hybridized carbons (Fsp3) is 0.318. The van der Waals surface area contributed by atoms with Gasteiger partial charge in [-0.2, -0.15) is 4.31 Å². The molecular weight excluding hydrogens is 434 g/mol. The van der Waals surface area contributed by atoms with Crippen LogP contribution < -0.4 is 10.3 Å². The highest BCUT2D eigenvalue weighted by atomic mass is 32.2. The van der Waals surface area contributed by atoms with Crippen LogP contribution in [0, 0.1) is 0 Å². The van der Waals surface area contributed by atoms with Crippen molar-refractivity contribution in [2.45, 2.75) is 30.8 Å². The van der Waals surface area contributed by atoms with Crippen LogP contribution in [-0.2, 0) is 14.8 Å². The second kappa shape index (κ2) is 8.71. The Morgan fingerprint density at radius 1 is 1.16 bits per heavy atom. The van der Waals surface area contributed by atoms with Gasteiger partial charge in [-0.15, -0.1) is 0 Å². The average Bonchev–Trinajstić information content (AvgIpc) is 3.34. The summed E-state index contributed by atoms with van der Waals surface area (Å²) in [7, 11) is -2.43. The van der Waals surface area contributed by atoms with Crippen molar-refractivity contribution in [2.24, 2.45) is 0 Å². The van der Waals surface area contributed by atoms with Gasteiger partial charge < -0.3 is 14.5 Å². The highest BCUT2D eigenvalue weighted by molar-refractivity contribution is 7.89. The number of nitrogens with zero attached hydrogens (tertiary/aromatic N) is 2. The molecule has 0 spiro atoms. The molecule has 1 aliphatic heterocycles. The van der Waals surface area contributed by atoms with Gasteiger partial charge in [-0.25, -0.2) is 18.2 Å². The first-order chi connectivity index (χ1) is 15.3. The number of esters is 1. The molecule has 0 aliphatic carbocycles. The van der Waals surface area contributed by atoms with Crippen LogP contribution in [0.5, 0.6) is 5.75 Å². The van der Waals surface area contributed by atoms with E-state index in [0.29, 0.717) is 24.0 Å². The minimum Gasteiger partial charge on any atom is -0.495 e. The number of ether oxygens (including phenoxy) is 2. The van der Waals surface area contributed by atoms with Crippen molar-refractivity contribution in [2.75, 3.05) is 20.2 Å². The quantitative estimate of drug-likeness (QED) is 0.565. The lowest BCUT2D eigenvalue weighted by Crippen LogP contribution is -2.28. The first kappa shape index (κ1) is 22.0. The fourth-order valence-corrected chi connectivity index (χ4v) is 5.35. The Kier molecular flexibility index (Phi) is 5.98. The molecule has 32 heavy (non-hydrogen) atoms. The zero-order valence-electron chi connectivity index (χ0n) is 17.7. The maximum Gasteiger partial charge on any atom is 0.338 e. The number of fused-ring (bicyclic) bond motifs is 1. The van der Waals surface area contributed by atoms with Gasteiger partial charge in [0, 0.05) is 13.1 Å². The van der Waals surface area contributed by atoms with E-state index >= 15 is 0 Å². The van der Waals surface area contributed by atoms with Gasteiger partial charge in [-0.3, -0.25) is 4.79 Å². The Morgan fingerprint density at radius 2 is 1.88 bits per heavy atom. The molecule has 1 aliphatic rings. The van der Waals surface area contributed by atoms with Crippen LogP contribution in [0.1, 0.15) is 42.1 Å². The van der Waals surface area contributed by atoms with Gasteiger partial charge in [-0.1, -0.05) is 12.1 Å². The number of carbonyl (C=O) groups is 1. The molecule has 168 valence electrons. The molecule has 1 atom stereocenters. The number of sulfonamides is 1. The third-order valence-corrected chi connectivity index (χ3v) is 7.30. The molecule has 0 amide bonds. The van der Waals surface area contributed by atoms with Crippen molar-refractivity contribution in [3.8, 4) is 5.75 Å². The van der Waals surface area contributed by atoms with Gasteiger partial charge in [0.15, 0.2) is 11.9 Å². The number of aromatic nitrogens is 2. The second-order valence-electron chi connectivity index (χ2n) is 7.49. The molecular formula is C22H23N3O6S. The summed E-state index contributed by atoms with van der Waals surface area (Å²) < 4.78 is 38.2. The third kappa shape index (κ3) is 4.11. The van der Waals surface area contributed by atoms with E-state index < -0.39 is 22.1 Å². The summed E-state index contributed by atoms with van der Waals surface area (Å²) in [6.45, 7) is 2.44. The van der Waals surface area contributed by atoms with Crippen molar-refractivity contribution >= 4 is 26.9 Å². The molecule has 9 nitrogen and oxygen atoms in total. The summed E-state index contributed by atoms with van der Waals surface area (Å²) in [6.07, 6.45) is 0.718. The van der Waals surface area contributed by atoms with Gasteiger partial charge in [0.1, 0.15) is 10.6 Å². The summed E-state index contributed by atoms with van der Waals surface area (Å²) in [5.41, 5.74) is 0.202. The number of hydrogen-bond donors (Lipinski definition) is 1. The molecule has 1 fully saturated rings. The van der Waals surface area contributed by atoms with E-state index in [2.05, 4.69) is 9.97 Å². The summed E-state index contributed by atoms with van der Waals surface area (Å²) in [6, 6.07) is 11.0. The molecule has 1 N–H and O–H groups in total. The van der Waals surface area contributed by atoms with E-state index in [1.54, 1.807) is 31.2 Å². The van der Waals surface area contributed by atoms with Gasteiger partial charge in [0.05, 0.1) is 23.6 Å². The smallest absolute Gasteiger partial charge is 0.338 e. The van der Waals surface area contributed by atoms with E-state index in [9.17, 15) is 18.0 Å². The first-order valence-corrected chi connectivity index (χ1v) is 11.6. The number of carbonyl (C=O) groups excluding carboxylic acids is 1. The minimum absolute atomic E-state index is 0.0542. The topological polar surface area (TPSA) is 119 Å². The largest absolute Gasteiger partial charge is 0.495 e. The molecule has 0 bridgehead atoms. The highest BCUT2D eigenvalue weighted by Gasteiger charge is 2.31. The molecule has 2 heterocycles. The predicted octanol–water partition coefficient (Wildman–Crippen LogP) is 2.63. The lowest BCUT2D eigenvalue weighted by atomic mass is 10.2. The van der Waals surface area contributed by atoms with Crippen LogP contribution >= 0.6 is 0 Å². The minimum atomic E-state index is -3.81. The van der Waals surface area contributed by atoms with Crippen LogP contribution in [0.3, 0.4) is 0 Å². The summed E-state index contributed by atoms with van der Waals surface area (Å²) in [4.78, 5) is 32.0. The monoisotopic (exact) mass is 457 g/mol. The van der Waals surface area contributed by atoms with E-state index in [-0.39, 0.29) is 27.6 Å². The molecule has 10 heteroatoms. The van der Waals surface area contributed by atoms with Crippen LogP contribution in [-0.4, -0.2) is 48.9 Å². The molecule has 0 unspecified atom stereocenters. The summed E-state index contributed by atoms with van der Waals surface area (Å²) in [5.74, 6) is -0.392. The molecule has 1 aromatic heterocycles. The molecule has 4 rings (SSSR count). The number of hydrogen-bond acceptors (Lipinski definition) is 7. The fourth-order valence-electron chi connectivity index (χ4n) is 3.65. The lowest BCUT2D eigenvalue weighted by Gasteiger charge is -2.18. The Morgan fingerprint density at radius 3 is 2.59 bits per heavy atom.